The van der Waals surface area contributed by atoms with Gasteiger partial charge in [-0.1, -0.05) is 6.07 Å². The van der Waals surface area contributed by atoms with Gasteiger partial charge < -0.3 is 14.6 Å². The highest BCUT2D eigenvalue weighted by Gasteiger charge is 2.51. The Kier molecular flexibility index (Phi) is 4.10. The highest BCUT2D eigenvalue weighted by molar-refractivity contribution is 7.21. The molecule has 1 fully saturated rings. The van der Waals surface area contributed by atoms with E-state index in [0.717, 1.165) is 31.9 Å². The van der Waals surface area contributed by atoms with Gasteiger partial charge in [-0.15, -0.1) is 11.3 Å². The van der Waals surface area contributed by atoms with E-state index >= 15 is 0 Å². The average molecular weight is 366 g/mol. The first kappa shape index (κ1) is 17.5. The van der Waals surface area contributed by atoms with Crippen LogP contribution in [0.4, 0.5) is 5.69 Å². The van der Waals surface area contributed by atoms with Gasteiger partial charge in [-0.2, -0.15) is 0 Å². The SMILES string of the molecule is CNc1ccc(-c2nc3ccc(B4OC(C)(C)C(C)(C)O4)cc3s2)cc1. The Balaban J connectivity index is 1.66. The van der Waals surface area contributed by atoms with Crippen LogP contribution >= 0.6 is 11.3 Å². The molecule has 1 aliphatic rings. The lowest BCUT2D eigenvalue weighted by Gasteiger charge is -2.32. The van der Waals surface area contributed by atoms with E-state index < -0.39 is 0 Å². The van der Waals surface area contributed by atoms with E-state index in [2.05, 4.69) is 75.5 Å². The molecule has 2 aromatic carbocycles. The second kappa shape index (κ2) is 6.08. The first-order valence-corrected chi connectivity index (χ1v) is 9.65. The average Bonchev–Trinajstić information content (AvgIpc) is 3.12. The van der Waals surface area contributed by atoms with Crippen LogP contribution in [0.5, 0.6) is 0 Å². The number of fused-ring (bicyclic) bond motifs is 1. The second-order valence-corrected chi connectivity index (χ2v) is 8.69. The molecule has 2 heterocycles. The third kappa shape index (κ3) is 2.92. The van der Waals surface area contributed by atoms with Crippen LogP contribution in [0.1, 0.15) is 27.7 Å². The Labute approximate surface area is 158 Å². The number of nitrogens with one attached hydrogen (secondary N) is 1. The molecule has 4 nitrogen and oxygen atoms in total. The summed E-state index contributed by atoms with van der Waals surface area (Å²) in [5.41, 5.74) is 3.60. The Morgan fingerprint density at radius 3 is 2.23 bits per heavy atom. The molecule has 0 aliphatic carbocycles. The van der Waals surface area contributed by atoms with Crippen molar-refractivity contribution in [3.05, 3.63) is 42.5 Å². The molecule has 134 valence electrons. The van der Waals surface area contributed by atoms with Gasteiger partial charge in [0.1, 0.15) is 5.01 Å². The smallest absolute Gasteiger partial charge is 0.399 e. The quantitative estimate of drug-likeness (QED) is 0.702. The normalized spacial score (nSPS) is 18.4. The van der Waals surface area contributed by atoms with Crippen LogP contribution in [0.3, 0.4) is 0 Å². The number of thiazole rings is 1. The highest BCUT2D eigenvalue weighted by atomic mass is 32.1. The van der Waals surface area contributed by atoms with E-state index in [9.17, 15) is 0 Å². The number of nitrogens with zero attached hydrogens (tertiary/aromatic N) is 1. The third-order valence-corrected chi connectivity index (χ3v) is 6.43. The lowest BCUT2D eigenvalue weighted by Crippen LogP contribution is -2.41. The number of aromatic nitrogens is 1. The molecular formula is C20H23BN2O2S. The molecule has 0 spiro atoms. The molecule has 0 radical (unpaired) electrons. The van der Waals surface area contributed by atoms with Gasteiger partial charge in [-0.25, -0.2) is 4.98 Å². The van der Waals surface area contributed by atoms with Crippen molar-refractivity contribution in [2.75, 3.05) is 12.4 Å². The van der Waals surface area contributed by atoms with Crippen molar-refractivity contribution in [1.82, 2.24) is 4.98 Å². The van der Waals surface area contributed by atoms with E-state index in [0.29, 0.717) is 0 Å². The maximum Gasteiger partial charge on any atom is 0.494 e. The molecule has 1 aliphatic heterocycles. The number of anilines is 1. The van der Waals surface area contributed by atoms with E-state index in [1.54, 1.807) is 11.3 Å². The Morgan fingerprint density at radius 1 is 0.962 bits per heavy atom. The van der Waals surface area contributed by atoms with Gasteiger partial charge in [-0.05, 0) is 69.6 Å². The summed E-state index contributed by atoms with van der Waals surface area (Å²) in [5, 5.41) is 4.16. The van der Waals surface area contributed by atoms with Crippen LogP contribution in [0.25, 0.3) is 20.8 Å². The first-order chi connectivity index (χ1) is 12.3. The van der Waals surface area contributed by atoms with E-state index in [1.807, 2.05) is 7.05 Å². The van der Waals surface area contributed by atoms with Gasteiger partial charge in [-0.3, -0.25) is 0 Å². The van der Waals surface area contributed by atoms with Gasteiger partial charge in [0, 0.05) is 18.3 Å². The Hall–Kier alpha value is -1.89. The molecule has 3 aromatic rings. The maximum atomic E-state index is 6.17. The lowest BCUT2D eigenvalue weighted by molar-refractivity contribution is 0.00578. The van der Waals surface area contributed by atoms with Crippen molar-refractivity contribution >= 4 is 39.8 Å². The zero-order valence-electron chi connectivity index (χ0n) is 15.8. The summed E-state index contributed by atoms with van der Waals surface area (Å²) in [6.07, 6.45) is 0. The number of hydrogen-bond acceptors (Lipinski definition) is 5. The Morgan fingerprint density at radius 2 is 1.62 bits per heavy atom. The molecule has 6 heteroatoms. The zero-order chi connectivity index (χ0) is 18.5. The van der Waals surface area contributed by atoms with Crippen LogP contribution in [0.2, 0.25) is 0 Å². The van der Waals surface area contributed by atoms with E-state index in [4.69, 9.17) is 14.3 Å². The lowest BCUT2D eigenvalue weighted by atomic mass is 9.79. The van der Waals surface area contributed by atoms with Crippen LogP contribution in [0.15, 0.2) is 42.5 Å². The molecule has 0 atom stereocenters. The molecular weight excluding hydrogens is 343 g/mol. The molecule has 26 heavy (non-hydrogen) atoms. The fraction of sp³-hybridized carbons (Fsp3) is 0.350. The standard InChI is InChI=1S/C20H23BN2O2S/c1-19(2)20(3,4)25-21(24-19)14-8-11-16-17(12-14)26-18(23-16)13-6-9-15(22-5)10-7-13/h6-12,22H,1-5H3. The summed E-state index contributed by atoms with van der Waals surface area (Å²) in [7, 11) is 1.58. The number of hydrogen-bond donors (Lipinski definition) is 1. The number of rotatable bonds is 3. The van der Waals surface area contributed by atoms with Gasteiger partial charge in [0.05, 0.1) is 21.4 Å². The van der Waals surface area contributed by atoms with Crippen molar-refractivity contribution in [3.63, 3.8) is 0 Å². The van der Waals surface area contributed by atoms with E-state index in [-0.39, 0.29) is 18.3 Å². The van der Waals surface area contributed by atoms with Crippen LogP contribution < -0.4 is 10.8 Å². The van der Waals surface area contributed by atoms with Gasteiger partial charge >= 0.3 is 7.12 Å². The largest absolute Gasteiger partial charge is 0.494 e. The minimum Gasteiger partial charge on any atom is -0.399 e. The fourth-order valence-electron chi connectivity index (χ4n) is 2.97. The van der Waals surface area contributed by atoms with Crippen molar-refractivity contribution in [1.29, 1.82) is 0 Å². The zero-order valence-corrected chi connectivity index (χ0v) is 16.6. The van der Waals surface area contributed by atoms with Crippen molar-refractivity contribution in [2.24, 2.45) is 0 Å². The molecule has 0 saturated carbocycles. The van der Waals surface area contributed by atoms with Crippen LogP contribution in [0, 0.1) is 0 Å². The van der Waals surface area contributed by atoms with Gasteiger partial charge in [0.25, 0.3) is 0 Å². The molecule has 1 aromatic heterocycles. The van der Waals surface area contributed by atoms with Crippen molar-refractivity contribution < 1.29 is 9.31 Å². The fourth-order valence-corrected chi connectivity index (χ4v) is 3.99. The third-order valence-electron chi connectivity index (χ3n) is 5.36. The van der Waals surface area contributed by atoms with Crippen LogP contribution in [-0.4, -0.2) is 30.4 Å². The summed E-state index contributed by atoms with van der Waals surface area (Å²) in [4.78, 5) is 4.78. The highest BCUT2D eigenvalue weighted by Crippen LogP contribution is 2.37. The summed E-state index contributed by atoms with van der Waals surface area (Å²) < 4.78 is 13.5. The molecule has 0 bridgehead atoms. The van der Waals surface area contributed by atoms with Crippen LogP contribution in [-0.2, 0) is 9.31 Å². The summed E-state index contributed by atoms with van der Waals surface area (Å²) in [6.45, 7) is 8.30. The number of benzene rings is 2. The summed E-state index contributed by atoms with van der Waals surface area (Å²) in [5.74, 6) is 0. The Bertz CT molecular complexity index is 934. The minimum absolute atomic E-state index is 0.333. The minimum atomic E-state index is -0.343. The predicted molar refractivity (Wildman–Crippen MR) is 110 cm³/mol. The van der Waals surface area contributed by atoms with Crippen molar-refractivity contribution in [2.45, 2.75) is 38.9 Å². The van der Waals surface area contributed by atoms with Gasteiger partial charge in [0.2, 0.25) is 0 Å². The molecule has 1 saturated heterocycles. The maximum absolute atomic E-state index is 6.17. The predicted octanol–water partition coefficient (Wildman–Crippen LogP) is 4.30. The second-order valence-electron chi connectivity index (χ2n) is 7.66. The molecule has 0 unspecified atom stereocenters. The first-order valence-electron chi connectivity index (χ1n) is 8.83. The monoisotopic (exact) mass is 366 g/mol. The molecule has 4 rings (SSSR count). The van der Waals surface area contributed by atoms with E-state index in [1.165, 1.54) is 0 Å². The molecule has 0 amide bonds. The topological polar surface area (TPSA) is 43.4 Å². The summed E-state index contributed by atoms with van der Waals surface area (Å²) >= 11 is 1.69. The molecule has 1 N–H and O–H groups in total. The summed E-state index contributed by atoms with van der Waals surface area (Å²) in [6, 6.07) is 14.6. The van der Waals surface area contributed by atoms with Gasteiger partial charge in [0.15, 0.2) is 0 Å². The van der Waals surface area contributed by atoms with Crippen molar-refractivity contribution in [3.8, 4) is 10.6 Å².